The van der Waals surface area contributed by atoms with Crippen LogP contribution in [0.2, 0.25) is 0 Å². The second-order valence-electron chi connectivity index (χ2n) is 4.84. The van der Waals surface area contributed by atoms with E-state index >= 15 is 0 Å². The van der Waals surface area contributed by atoms with Gasteiger partial charge in [-0.15, -0.1) is 0 Å². The lowest BCUT2D eigenvalue weighted by Crippen LogP contribution is -2.47. The predicted octanol–water partition coefficient (Wildman–Crippen LogP) is 2.66. The van der Waals surface area contributed by atoms with Crippen LogP contribution in [0.15, 0.2) is 18.2 Å². The van der Waals surface area contributed by atoms with E-state index in [1.165, 1.54) is 6.07 Å². The molecule has 3 nitrogen and oxygen atoms in total. The lowest BCUT2D eigenvalue weighted by atomic mass is 9.86. The maximum absolute atomic E-state index is 13.6. The molecule has 1 heterocycles. The number of benzene rings is 1. The third kappa shape index (κ3) is 3.04. The first-order valence-corrected chi connectivity index (χ1v) is 6.77. The van der Waals surface area contributed by atoms with Crippen LogP contribution in [-0.4, -0.2) is 31.2 Å². The van der Waals surface area contributed by atoms with Gasteiger partial charge in [0, 0.05) is 44.6 Å². The van der Waals surface area contributed by atoms with Gasteiger partial charge in [0.1, 0.15) is 17.2 Å². The monoisotopic (exact) mass is 284 g/mol. The zero-order valence-corrected chi connectivity index (χ0v) is 11.5. The number of halogens is 2. The standard InChI is InChI=1S/C15H18F2O3/c1-2-20-15(6-8-19-9-7-15)14(18)10-11-12(16)4-3-5-13(11)17/h3-5H,2,6-10H2,1H3. The molecule has 1 aliphatic heterocycles. The molecule has 110 valence electrons. The van der Waals surface area contributed by atoms with Crippen molar-refractivity contribution in [2.24, 2.45) is 0 Å². The van der Waals surface area contributed by atoms with Gasteiger partial charge in [-0.1, -0.05) is 6.07 Å². The van der Waals surface area contributed by atoms with E-state index in [0.717, 1.165) is 12.1 Å². The Morgan fingerprint density at radius 2 is 1.90 bits per heavy atom. The highest BCUT2D eigenvalue weighted by Gasteiger charge is 2.40. The Balaban J connectivity index is 2.20. The maximum Gasteiger partial charge on any atom is 0.169 e. The Labute approximate surface area is 116 Å². The molecular formula is C15H18F2O3. The average molecular weight is 284 g/mol. The zero-order valence-electron chi connectivity index (χ0n) is 11.5. The van der Waals surface area contributed by atoms with Gasteiger partial charge in [0.2, 0.25) is 0 Å². The second-order valence-corrected chi connectivity index (χ2v) is 4.84. The van der Waals surface area contributed by atoms with E-state index in [0.29, 0.717) is 32.7 Å². The fourth-order valence-electron chi connectivity index (χ4n) is 2.50. The number of Topliss-reactive ketones (excluding diaryl/α,β-unsaturated/α-hetero) is 1. The van der Waals surface area contributed by atoms with Crippen molar-refractivity contribution in [3.8, 4) is 0 Å². The number of hydrogen-bond donors (Lipinski definition) is 0. The fourth-order valence-corrected chi connectivity index (χ4v) is 2.50. The van der Waals surface area contributed by atoms with Crippen molar-refractivity contribution in [3.63, 3.8) is 0 Å². The molecule has 0 bridgehead atoms. The second kappa shape index (κ2) is 6.41. The van der Waals surface area contributed by atoms with E-state index in [1.807, 2.05) is 0 Å². The highest BCUT2D eigenvalue weighted by atomic mass is 19.1. The quantitative estimate of drug-likeness (QED) is 0.834. The van der Waals surface area contributed by atoms with Crippen LogP contribution in [-0.2, 0) is 20.7 Å². The van der Waals surface area contributed by atoms with Crippen molar-refractivity contribution in [1.82, 2.24) is 0 Å². The molecule has 0 radical (unpaired) electrons. The number of ether oxygens (including phenoxy) is 2. The van der Waals surface area contributed by atoms with Crippen molar-refractivity contribution in [2.75, 3.05) is 19.8 Å². The zero-order chi connectivity index (χ0) is 14.6. The largest absolute Gasteiger partial charge is 0.381 e. The summed E-state index contributed by atoms with van der Waals surface area (Å²) < 4.78 is 38.1. The first kappa shape index (κ1) is 15.1. The summed E-state index contributed by atoms with van der Waals surface area (Å²) in [5, 5.41) is 0. The lowest BCUT2D eigenvalue weighted by Gasteiger charge is -2.35. The molecule has 1 fully saturated rings. The van der Waals surface area contributed by atoms with Gasteiger partial charge in [-0.3, -0.25) is 4.79 Å². The van der Waals surface area contributed by atoms with Crippen molar-refractivity contribution in [3.05, 3.63) is 35.4 Å². The first-order valence-electron chi connectivity index (χ1n) is 6.77. The number of carbonyl (C=O) groups is 1. The fraction of sp³-hybridized carbons (Fsp3) is 0.533. The Kier molecular flexibility index (Phi) is 4.83. The lowest BCUT2D eigenvalue weighted by molar-refractivity contribution is -0.156. The van der Waals surface area contributed by atoms with Crippen LogP contribution in [0.5, 0.6) is 0 Å². The van der Waals surface area contributed by atoms with Crippen molar-refractivity contribution in [2.45, 2.75) is 31.8 Å². The van der Waals surface area contributed by atoms with E-state index in [4.69, 9.17) is 9.47 Å². The summed E-state index contributed by atoms with van der Waals surface area (Å²) >= 11 is 0. The topological polar surface area (TPSA) is 35.5 Å². The molecular weight excluding hydrogens is 266 g/mol. The van der Waals surface area contributed by atoms with Gasteiger partial charge in [0.15, 0.2) is 5.78 Å². The summed E-state index contributed by atoms with van der Waals surface area (Å²) in [4.78, 5) is 12.5. The minimum atomic E-state index is -0.971. The van der Waals surface area contributed by atoms with Gasteiger partial charge in [-0.05, 0) is 19.1 Å². The molecule has 0 spiro atoms. The number of rotatable bonds is 5. The molecule has 0 unspecified atom stereocenters. The van der Waals surface area contributed by atoms with Crippen molar-refractivity contribution < 1.29 is 23.0 Å². The van der Waals surface area contributed by atoms with Crippen LogP contribution in [0.3, 0.4) is 0 Å². The van der Waals surface area contributed by atoms with Crippen LogP contribution < -0.4 is 0 Å². The number of hydrogen-bond acceptors (Lipinski definition) is 3. The van der Waals surface area contributed by atoms with E-state index < -0.39 is 17.2 Å². The average Bonchev–Trinajstić information content (AvgIpc) is 2.44. The summed E-state index contributed by atoms with van der Waals surface area (Å²) in [5.74, 6) is -1.68. The van der Waals surface area contributed by atoms with Gasteiger partial charge in [0.25, 0.3) is 0 Å². The van der Waals surface area contributed by atoms with Gasteiger partial charge >= 0.3 is 0 Å². The third-order valence-corrected chi connectivity index (χ3v) is 3.63. The van der Waals surface area contributed by atoms with Crippen LogP contribution in [0.4, 0.5) is 8.78 Å². The van der Waals surface area contributed by atoms with Gasteiger partial charge in [0.05, 0.1) is 0 Å². The van der Waals surface area contributed by atoms with Crippen LogP contribution in [0.25, 0.3) is 0 Å². The number of carbonyl (C=O) groups excluding carboxylic acids is 1. The minimum Gasteiger partial charge on any atom is -0.381 e. The van der Waals surface area contributed by atoms with E-state index in [9.17, 15) is 13.6 Å². The Bertz CT molecular complexity index is 456. The highest BCUT2D eigenvalue weighted by molar-refractivity contribution is 5.89. The van der Waals surface area contributed by atoms with Crippen LogP contribution >= 0.6 is 0 Å². The Hall–Kier alpha value is -1.33. The normalized spacial score (nSPS) is 17.9. The van der Waals surface area contributed by atoms with Gasteiger partial charge < -0.3 is 9.47 Å². The molecule has 0 saturated carbocycles. The summed E-state index contributed by atoms with van der Waals surface area (Å²) in [7, 11) is 0. The molecule has 1 saturated heterocycles. The summed E-state index contributed by atoms with van der Waals surface area (Å²) in [6.07, 6.45) is 0.560. The van der Waals surface area contributed by atoms with Gasteiger partial charge in [-0.25, -0.2) is 8.78 Å². The van der Waals surface area contributed by atoms with E-state index in [-0.39, 0.29) is 17.8 Å². The molecule has 1 aliphatic rings. The molecule has 0 atom stereocenters. The smallest absolute Gasteiger partial charge is 0.169 e. The summed E-state index contributed by atoms with van der Waals surface area (Å²) in [5.41, 5.74) is -1.16. The van der Waals surface area contributed by atoms with E-state index in [1.54, 1.807) is 6.92 Å². The SMILES string of the molecule is CCOC1(C(=O)Cc2c(F)cccc2F)CCOCC1. The molecule has 20 heavy (non-hydrogen) atoms. The summed E-state index contributed by atoms with van der Waals surface area (Å²) in [6.45, 7) is 3.02. The first-order chi connectivity index (χ1) is 9.59. The molecule has 0 amide bonds. The minimum absolute atomic E-state index is 0.192. The third-order valence-electron chi connectivity index (χ3n) is 3.63. The maximum atomic E-state index is 13.6. The molecule has 0 aromatic heterocycles. The molecule has 0 aliphatic carbocycles. The van der Waals surface area contributed by atoms with Crippen LogP contribution in [0, 0.1) is 11.6 Å². The highest BCUT2D eigenvalue weighted by Crippen LogP contribution is 2.28. The Morgan fingerprint density at radius 1 is 1.30 bits per heavy atom. The molecule has 0 N–H and O–H groups in total. The molecule has 5 heteroatoms. The van der Waals surface area contributed by atoms with Crippen molar-refractivity contribution in [1.29, 1.82) is 0 Å². The Morgan fingerprint density at radius 3 is 2.45 bits per heavy atom. The van der Waals surface area contributed by atoms with Crippen molar-refractivity contribution >= 4 is 5.78 Å². The molecule has 2 rings (SSSR count). The van der Waals surface area contributed by atoms with Crippen LogP contribution in [0.1, 0.15) is 25.3 Å². The van der Waals surface area contributed by atoms with Gasteiger partial charge in [-0.2, -0.15) is 0 Å². The molecule has 1 aromatic carbocycles. The molecule has 1 aromatic rings. The van der Waals surface area contributed by atoms with E-state index in [2.05, 4.69) is 0 Å². The predicted molar refractivity (Wildman–Crippen MR) is 69.5 cm³/mol. The number of ketones is 1. The summed E-state index contributed by atoms with van der Waals surface area (Å²) in [6, 6.07) is 3.59.